The second-order valence-electron chi connectivity index (χ2n) is 6.75. The Morgan fingerprint density at radius 2 is 1.19 bits per heavy atom. The largest absolute Gasteiger partial charge is 0.376 e. The Kier molecular flexibility index (Phi) is 3.83. The van der Waals surface area contributed by atoms with Crippen LogP contribution in [0.15, 0.2) is 0 Å². The van der Waals surface area contributed by atoms with Crippen LogP contribution in [-0.2, 0) is 28.4 Å². The molecule has 0 aromatic heterocycles. The first kappa shape index (κ1) is 15.6. The van der Waals surface area contributed by atoms with Crippen molar-refractivity contribution in [2.45, 2.75) is 82.8 Å². The number of fused-ring (bicyclic) bond motifs is 3. The number of rotatable bonds is 3. The predicted octanol–water partition coefficient (Wildman–Crippen LogP) is 1.46. The molecule has 3 fully saturated rings. The molecular formula is C15H26O6. The molecule has 2 saturated heterocycles. The summed E-state index contributed by atoms with van der Waals surface area (Å²) in [4.78, 5) is 0. The van der Waals surface area contributed by atoms with Crippen LogP contribution in [0, 0.1) is 0 Å². The number of hydrogen-bond acceptors (Lipinski definition) is 6. The molecule has 1 aliphatic carbocycles. The molecule has 2 aliphatic heterocycles. The van der Waals surface area contributed by atoms with Crippen LogP contribution in [0.1, 0.15) is 34.6 Å². The Hall–Kier alpha value is -0.240. The van der Waals surface area contributed by atoms with Gasteiger partial charge in [0.1, 0.15) is 36.6 Å². The molecule has 0 N–H and O–H groups in total. The highest BCUT2D eigenvalue weighted by Crippen LogP contribution is 2.46. The third-order valence-corrected chi connectivity index (χ3v) is 4.25. The van der Waals surface area contributed by atoms with Crippen molar-refractivity contribution in [3.05, 3.63) is 0 Å². The van der Waals surface area contributed by atoms with Gasteiger partial charge in [-0.3, -0.25) is 0 Å². The van der Waals surface area contributed by atoms with Gasteiger partial charge in [-0.2, -0.15) is 0 Å². The average Bonchev–Trinajstić information content (AvgIpc) is 2.85. The van der Waals surface area contributed by atoms with Crippen molar-refractivity contribution in [3.63, 3.8) is 0 Å². The topological polar surface area (TPSA) is 55.4 Å². The Morgan fingerprint density at radius 1 is 0.762 bits per heavy atom. The van der Waals surface area contributed by atoms with E-state index in [4.69, 9.17) is 28.4 Å². The second kappa shape index (κ2) is 5.15. The first-order valence-electron chi connectivity index (χ1n) is 7.63. The lowest BCUT2D eigenvalue weighted by Crippen LogP contribution is -2.62. The standard InChI is InChI=1S/C15H26O6/c1-7-17-9-8(16-6)10-12(20-14(2,3)18-10)13-11(9)19-15(4,5)21-13/h8-13H,7H2,1-6H3/t8-,9-,10+,11+,12+,13+/m0/s1. The summed E-state index contributed by atoms with van der Waals surface area (Å²) in [5, 5.41) is 0. The van der Waals surface area contributed by atoms with E-state index < -0.39 is 11.6 Å². The molecular weight excluding hydrogens is 276 g/mol. The Bertz CT molecular complexity index is 385. The van der Waals surface area contributed by atoms with Gasteiger partial charge < -0.3 is 28.4 Å². The molecule has 6 heteroatoms. The zero-order chi connectivity index (χ0) is 15.4. The van der Waals surface area contributed by atoms with E-state index in [2.05, 4.69) is 0 Å². The molecule has 21 heavy (non-hydrogen) atoms. The van der Waals surface area contributed by atoms with Gasteiger partial charge in [0.25, 0.3) is 0 Å². The van der Waals surface area contributed by atoms with E-state index in [0.29, 0.717) is 6.61 Å². The monoisotopic (exact) mass is 302 g/mol. The molecule has 0 bridgehead atoms. The molecule has 6 atom stereocenters. The van der Waals surface area contributed by atoms with Crippen LogP contribution >= 0.6 is 0 Å². The lowest BCUT2D eigenvalue weighted by Gasteiger charge is -2.42. The Balaban J connectivity index is 1.94. The van der Waals surface area contributed by atoms with Crippen molar-refractivity contribution in [1.29, 1.82) is 0 Å². The molecule has 0 amide bonds. The molecule has 0 aromatic rings. The van der Waals surface area contributed by atoms with E-state index in [0.717, 1.165) is 0 Å². The number of hydrogen-bond donors (Lipinski definition) is 0. The normalized spacial score (nSPS) is 47.1. The molecule has 3 rings (SSSR count). The van der Waals surface area contributed by atoms with Crippen molar-refractivity contribution in [2.24, 2.45) is 0 Å². The Morgan fingerprint density at radius 3 is 1.62 bits per heavy atom. The van der Waals surface area contributed by atoms with Crippen LogP contribution in [0.4, 0.5) is 0 Å². The van der Waals surface area contributed by atoms with Crippen LogP contribution in [0.3, 0.4) is 0 Å². The fourth-order valence-electron chi connectivity index (χ4n) is 3.67. The fraction of sp³-hybridized carbons (Fsp3) is 1.00. The smallest absolute Gasteiger partial charge is 0.164 e. The predicted molar refractivity (Wildman–Crippen MR) is 73.9 cm³/mol. The van der Waals surface area contributed by atoms with Crippen LogP contribution in [-0.4, -0.2) is 61.9 Å². The third-order valence-electron chi connectivity index (χ3n) is 4.25. The van der Waals surface area contributed by atoms with Gasteiger partial charge in [0.05, 0.1) is 0 Å². The summed E-state index contributed by atoms with van der Waals surface area (Å²) in [5.41, 5.74) is 0. The average molecular weight is 302 g/mol. The molecule has 0 spiro atoms. The molecule has 122 valence electrons. The molecule has 2 heterocycles. The first-order chi connectivity index (χ1) is 9.78. The van der Waals surface area contributed by atoms with Crippen molar-refractivity contribution in [1.82, 2.24) is 0 Å². The van der Waals surface area contributed by atoms with Crippen LogP contribution < -0.4 is 0 Å². The summed E-state index contributed by atoms with van der Waals surface area (Å²) in [6.07, 6.45) is -1.34. The minimum atomic E-state index is -0.659. The van der Waals surface area contributed by atoms with Gasteiger partial charge in [0.2, 0.25) is 0 Å². The minimum absolute atomic E-state index is 0.213. The van der Waals surface area contributed by atoms with Crippen LogP contribution in [0.5, 0.6) is 0 Å². The fourth-order valence-corrected chi connectivity index (χ4v) is 3.67. The van der Waals surface area contributed by atoms with Crippen molar-refractivity contribution in [3.8, 4) is 0 Å². The summed E-state index contributed by atoms with van der Waals surface area (Å²) < 4.78 is 35.8. The number of methoxy groups -OCH3 is 1. The van der Waals surface area contributed by atoms with E-state index in [9.17, 15) is 0 Å². The SMILES string of the molecule is CCO[C@H]1[C@H](OC)[C@H]2OC(C)(C)O[C@H]2[C@@H]2OC(C)(C)O[C@H]12. The zero-order valence-electron chi connectivity index (χ0n) is 13.6. The van der Waals surface area contributed by atoms with Crippen molar-refractivity contribution in [2.75, 3.05) is 13.7 Å². The van der Waals surface area contributed by atoms with Gasteiger partial charge in [0.15, 0.2) is 11.6 Å². The zero-order valence-corrected chi connectivity index (χ0v) is 13.6. The van der Waals surface area contributed by atoms with E-state index in [1.165, 1.54) is 0 Å². The summed E-state index contributed by atoms with van der Waals surface area (Å²) in [7, 11) is 1.67. The first-order valence-corrected chi connectivity index (χ1v) is 7.63. The Labute approximate surface area is 126 Å². The summed E-state index contributed by atoms with van der Waals surface area (Å²) >= 11 is 0. The van der Waals surface area contributed by atoms with Crippen LogP contribution in [0.25, 0.3) is 0 Å². The molecule has 6 nitrogen and oxygen atoms in total. The summed E-state index contributed by atoms with van der Waals surface area (Å²) in [5.74, 6) is -1.32. The minimum Gasteiger partial charge on any atom is -0.376 e. The summed E-state index contributed by atoms with van der Waals surface area (Å²) in [6, 6.07) is 0. The molecule has 3 aliphatic rings. The lowest BCUT2D eigenvalue weighted by atomic mass is 9.84. The highest BCUT2D eigenvalue weighted by molar-refractivity contribution is 5.08. The van der Waals surface area contributed by atoms with Crippen LogP contribution in [0.2, 0.25) is 0 Å². The van der Waals surface area contributed by atoms with Crippen molar-refractivity contribution >= 4 is 0 Å². The van der Waals surface area contributed by atoms with Gasteiger partial charge >= 0.3 is 0 Å². The lowest BCUT2D eigenvalue weighted by molar-refractivity contribution is -0.198. The molecule has 0 unspecified atom stereocenters. The maximum Gasteiger partial charge on any atom is 0.164 e. The quantitative estimate of drug-likeness (QED) is 0.787. The van der Waals surface area contributed by atoms with Crippen molar-refractivity contribution < 1.29 is 28.4 Å². The van der Waals surface area contributed by atoms with E-state index in [1.807, 2.05) is 34.6 Å². The molecule has 0 radical (unpaired) electrons. The summed E-state index contributed by atoms with van der Waals surface area (Å²) in [6.45, 7) is 10.2. The number of ether oxygens (including phenoxy) is 6. The maximum atomic E-state index is 6.07. The third kappa shape index (κ3) is 2.62. The van der Waals surface area contributed by atoms with Gasteiger partial charge in [-0.25, -0.2) is 0 Å². The van der Waals surface area contributed by atoms with E-state index in [-0.39, 0.29) is 36.6 Å². The van der Waals surface area contributed by atoms with Gasteiger partial charge in [-0.05, 0) is 34.6 Å². The van der Waals surface area contributed by atoms with Gasteiger partial charge in [-0.15, -0.1) is 0 Å². The van der Waals surface area contributed by atoms with E-state index in [1.54, 1.807) is 7.11 Å². The molecule has 1 saturated carbocycles. The maximum absolute atomic E-state index is 6.07. The van der Waals surface area contributed by atoms with E-state index >= 15 is 0 Å². The molecule has 0 aromatic carbocycles. The highest BCUT2D eigenvalue weighted by Gasteiger charge is 2.64. The second-order valence-corrected chi connectivity index (χ2v) is 6.75. The van der Waals surface area contributed by atoms with Gasteiger partial charge in [-0.1, -0.05) is 0 Å². The highest BCUT2D eigenvalue weighted by atomic mass is 16.8. The van der Waals surface area contributed by atoms with Gasteiger partial charge in [0, 0.05) is 13.7 Å².